The molecule has 1 aliphatic heterocycles. The van der Waals surface area contributed by atoms with E-state index in [2.05, 4.69) is 0 Å². The summed E-state index contributed by atoms with van der Waals surface area (Å²) in [7, 11) is 2.86. The van der Waals surface area contributed by atoms with E-state index in [0.29, 0.717) is 5.75 Å². The van der Waals surface area contributed by atoms with Gasteiger partial charge in [-0.25, -0.2) is 0 Å². The topological polar surface area (TPSA) is 76.1 Å². The number of hydrogen-bond donors (Lipinski definition) is 0. The lowest BCUT2D eigenvalue weighted by atomic mass is 10.0. The second kappa shape index (κ2) is 9.23. The van der Waals surface area contributed by atoms with Crippen LogP contribution in [0.4, 0.5) is 0 Å². The summed E-state index contributed by atoms with van der Waals surface area (Å²) in [4.78, 5) is 40.9. The third-order valence-electron chi connectivity index (χ3n) is 4.94. The molecule has 2 aromatic rings. The SMILES string of the molecule is COC(=O)C[C@H]1C(=O)N(Cc2ccc(OC)cc2)CC(=O)N1Cc1ccccc1. The van der Waals surface area contributed by atoms with Crippen molar-refractivity contribution in [3.8, 4) is 5.75 Å². The van der Waals surface area contributed by atoms with E-state index in [0.717, 1.165) is 11.1 Å². The maximum atomic E-state index is 13.2. The van der Waals surface area contributed by atoms with E-state index in [1.807, 2.05) is 42.5 Å². The van der Waals surface area contributed by atoms with E-state index in [-0.39, 0.29) is 37.9 Å². The Bertz CT molecular complexity index is 867. The molecule has 7 nitrogen and oxygen atoms in total. The monoisotopic (exact) mass is 396 g/mol. The Labute approximate surface area is 169 Å². The molecule has 0 unspecified atom stereocenters. The fourth-order valence-electron chi connectivity index (χ4n) is 3.35. The summed E-state index contributed by atoms with van der Waals surface area (Å²) >= 11 is 0. The molecule has 0 N–H and O–H groups in total. The van der Waals surface area contributed by atoms with Crippen molar-refractivity contribution in [1.82, 2.24) is 9.80 Å². The molecule has 0 spiro atoms. The highest BCUT2D eigenvalue weighted by Gasteiger charge is 2.40. The van der Waals surface area contributed by atoms with E-state index in [1.54, 1.807) is 19.2 Å². The van der Waals surface area contributed by atoms with E-state index >= 15 is 0 Å². The van der Waals surface area contributed by atoms with Gasteiger partial charge in [0.2, 0.25) is 11.8 Å². The number of benzene rings is 2. The van der Waals surface area contributed by atoms with Crippen LogP contribution in [0.25, 0.3) is 0 Å². The molecular formula is C22H24N2O5. The Kier molecular flexibility index (Phi) is 6.49. The van der Waals surface area contributed by atoms with Crippen LogP contribution in [0.15, 0.2) is 54.6 Å². The Balaban J connectivity index is 1.80. The summed E-state index contributed by atoms with van der Waals surface area (Å²) in [6.07, 6.45) is -0.174. The minimum absolute atomic E-state index is 0.0324. The fraction of sp³-hybridized carbons (Fsp3) is 0.318. The molecule has 1 saturated heterocycles. The van der Waals surface area contributed by atoms with Gasteiger partial charge in [0.25, 0.3) is 0 Å². The molecule has 0 bridgehead atoms. The molecule has 7 heteroatoms. The average molecular weight is 396 g/mol. The molecule has 0 aliphatic carbocycles. The summed E-state index contributed by atoms with van der Waals surface area (Å²) in [5, 5.41) is 0. The largest absolute Gasteiger partial charge is 0.497 e. The number of esters is 1. The molecule has 29 heavy (non-hydrogen) atoms. The lowest BCUT2D eigenvalue weighted by molar-refractivity contribution is -0.160. The highest BCUT2D eigenvalue weighted by molar-refractivity contribution is 5.96. The Hall–Kier alpha value is -3.35. The van der Waals surface area contributed by atoms with E-state index in [4.69, 9.17) is 9.47 Å². The normalized spacial score (nSPS) is 16.7. The molecule has 0 radical (unpaired) electrons. The van der Waals surface area contributed by atoms with Crippen molar-refractivity contribution in [2.75, 3.05) is 20.8 Å². The molecule has 2 aromatic carbocycles. The lowest BCUT2D eigenvalue weighted by Crippen LogP contribution is -2.59. The molecule has 0 aromatic heterocycles. The summed E-state index contributed by atoms with van der Waals surface area (Å²) in [6, 6.07) is 15.8. The van der Waals surface area contributed by atoms with Crippen LogP contribution in [-0.4, -0.2) is 54.4 Å². The van der Waals surface area contributed by atoms with Gasteiger partial charge < -0.3 is 19.3 Å². The van der Waals surface area contributed by atoms with E-state index in [1.165, 1.54) is 16.9 Å². The molecule has 1 fully saturated rings. The van der Waals surface area contributed by atoms with Gasteiger partial charge in [0.1, 0.15) is 18.3 Å². The molecule has 0 saturated carbocycles. The van der Waals surface area contributed by atoms with Crippen molar-refractivity contribution >= 4 is 17.8 Å². The summed E-state index contributed by atoms with van der Waals surface area (Å²) < 4.78 is 9.90. The van der Waals surface area contributed by atoms with Gasteiger partial charge in [-0.2, -0.15) is 0 Å². The Morgan fingerprint density at radius 2 is 1.62 bits per heavy atom. The highest BCUT2D eigenvalue weighted by Crippen LogP contribution is 2.22. The number of amides is 2. The molecule has 1 atom stereocenters. The minimum atomic E-state index is -0.887. The predicted molar refractivity (Wildman–Crippen MR) is 106 cm³/mol. The van der Waals surface area contributed by atoms with Crippen LogP contribution in [0.3, 0.4) is 0 Å². The second-order valence-corrected chi connectivity index (χ2v) is 6.85. The Morgan fingerprint density at radius 3 is 2.24 bits per heavy atom. The van der Waals surface area contributed by atoms with Gasteiger partial charge in [-0.1, -0.05) is 42.5 Å². The fourth-order valence-corrected chi connectivity index (χ4v) is 3.35. The number of methoxy groups -OCH3 is 2. The van der Waals surface area contributed by atoms with Crippen molar-refractivity contribution in [3.63, 3.8) is 0 Å². The van der Waals surface area contributed by atoms with Gasteiger partial charge in [0.15, 0.2) is 0 Å². The van der Waals surface area contributed by atoms with Crippen LogP contribution in [0.1, 0.15) is 17.5 Å². The summed E-state index contributed by atoms with van der Waals surface area (Å²) in [6.45, 7) is 0.518. The third-order valence-corrected chi connectivity index (χ3v) is 4.94. The summed E-state index contributed by atoms with van der Waals surface area (Å²) in [5.41, 5.74) is 1.77. The number of nitrogens with zero attached hydrogens (tertiary/aromatic N) is 2. The number of rotatable bonds is 7. The standard InChI is InChI=1S/C22H24N2O5/c1-28-18-10-8-17(9-11-18)13-23-15-20(25)24(14-16-6-4-3-5-7-16)19(22(23)27)12-21(26)29-2/h3-11,19H,12-15H2,1-2H3/t19-/m0/s1. The van der Waals surface area contributed by atoms with Crippen LogP contribution >= 0.6 is 0 Å². The molecular weight excluding hydrogens is 372 g/mol. The molecule has 1 aliphatic rings. The molecule has 3 rings (SSSR count). The number of hydrogen-bond acceptors (Lipinski definition) is 5. The first kappa shape index (κ1) is 20.4. The van der Waals surface area contributed by atoms with Crippen molar-refractivity contribution in [3.05, 3.63) is 65.7 Å². The molecule has 2 amide bonds. The average Bonchev–Trinajstić information content (AvgIpc) is 2.75. The van der Waals surface area contributed by atoms with Crippen molar-refractivity contribution in [1.29, 1.82) is 0 Å². The maximum absolute atomic E-state index is 13.2. The Morgan fingerprint density at radius 1 is 0.966 bits per heavy atom. The third kappa shape index (κ3) is 4.93. The summed E-state index contributed by atoms with van der Waals surface area (Å²) in [5.74, 6) is -0.273. The van der Waals surface area contributed by atoms with Crippen LogP contribution < -0.4 is 4.74 Å². The van der Waals surface area contributed by atoms with Crippen LogP contribution in [0.5, 0.6) is 5.75 Å². The highest BCUT2D eigenvalue weighted by atomic mass is 16.5. The zero-order valence-corrected chi connectivity index (χ0v) is 16.5. The van der Waals surface area contributed by atoms with Gasteiger partial charge in [-0.05, 0) is 23.3 Å². The first-order valence-electron chi connectivity index (χ1n) is 9.33. The lowest BCUT2D eigenvalue weighted by Gasteiger charge is -2.40. The minimum Gasteiger partial charge on any atom is -0.497 e. The van der Waals surface area contributed by atoms with Crippen LogP contribution in [-0.2, 0) is 32.2 Å². The zero-order chi connectivity index (χ0) is 20.8. The quantitative estimate of drug-likeness (QED) is 0.669. The van der Waals surface area contributed by atoms with Gasteiger partial charge in [0.05, 0.1) is 20.6 Å². The van der Waals surface area contributed by atoms with E-state index in [9.17, 15) is 14.4 Å². The van der Waals surface area contributed by atoms with Crippen LogP contribution in [0.2, 0.25) is 0 Å². The van der Waals surface area contributed by atoms with Crippen molar-refractivity contribution < 1.29 is 23.9 Å². The van der Waals surface area contributed by atoms with Gasteiger partial charge in [0, 0.05) is 13.1 Å². The number of ether oxygens (including phenoxy) is 2. The first-order valence-corrected chi connectivity index (χ1v) is 9.33. The van der Waals surface area contributed by atoms with Crippen LogP contribution in [0, 0.1) is 0 Å². The predicted octanol–water partition coefficient (Wildman–Crippen LogP) is 2.00. The molecule has 1 heterocycles. The number of carbonyl (C=O) groups excluding carboxylic acids is 3. The van der Waals surface area contributed by atoms with Crippen molar-refractivity contribution in [2.45, 2.75) is 25.6 Å². The van der Waals surface area contributed by atoms with Gasteiger partial charge in [-0.15, -0.1) is 0 Å². The van der Waals surface area contributed by atoms with Gasteiger partial charge in [-0.3, -0.25) is 14.4 Å². The van der Waals surface area contributed by atoms with Gasteiger partial charge >= 0.3 is 5.97 Å². The number of carbonyl (C=O) groups is 3. The first-order chi connectivity index (χ1) is 14.0. The molecule has 152 valence electrons. The maximum Gasteiger partial charge on any atom is 0.308 e. The smallest absolute Gasteiger partial charge is 0.308 e. The zero-order valence-electron chi connectivity index (χ0n) is 16.5. The van der Waals surface area contributed by atoms with Crippen molar-refractivity contribution in [2.24, 2.45) is 0 Å². The second-order valence-electron chi connectivity index (χ2n) is 6.85. The number of piperazine rings is 1. The van der Waals surface area contributed by atoms with E-state index < -0.39 is 12.0 Å².